The number of Topliss-reactive ketones (excluding diaryl/α,β-unsaturated/α-hetero) is 1. The summed E-state index contributed by atoms with van der Waals surface area (Å²) >= 11 is 0. The van der Waals surface area contributed by atoms with Crippen molar-refractivity contribution in [3.05, 3.63) is 24.0 Å². The van der Waals surface area contributed by atoms with Crippen LogP contribution in [-0.4, -0.2) is 23.9 Å². The van der Waals surface area contributed by atoms with E-state index in [1.165, 1.54) is 32.1 Å². The second-order valence-electron chi connectivity index (χ2n) is 5.53. The maximum absolute atomic E-state index is 11.2. The summed E-state index contributed by atoms with van der Waals surface area (Å²) in [5.41, 5.74) is 1.71. The zero-order valence-electron chi connectivity index (χ0n) is 12.1. The lowest BCUT2D eigenvalue weighted by atomic mass is 9.96. The fourth-order valence-corrected chi connectivity index (χ4v) is 2.90. The van der Waals surface area contributed by atoms with Crippen molar-refractivity contribution in [1.82, 2.24) is 4.98 Å². The molecular weight excluding hydrogens is 236 g/mol. The molecule has 1 aromatic rings. The van der Waals surface area contributed by atoms with Crippen LogP contribution >= 0.6 is 0 Å². The summed E-state index contributed by atoms with van der Waals surface area (Å²) in [5.74, 6) is 0.921. The molecule has 3 heteroatoms. The molecule has 1 aliphatic heterocycles. The number of nitrogens with zero attached hydrogens (tertiary/aromatic N) is 2. The summed E-state index contributed by atoms with van der Waals surface area (Å²) in [6.07, 6.45) is 8.39. The lowest BCUT2D eigenvalue weighted by molar-refractivity contribution is 0.101. The second-order valence-corrected chi connectivity index (χ2v) is 5.53. The molecule has 0 radical (unpaired) electrons. The van der Waals surface area contributed by atoms with E-state index < -0.39 is 0 Å². The van der Waals surface area contributed by atoms with Crippen LogP contribution in [0.3, 0.4) is 0 Å². The van der Waals surface area contributed by atoms with Gasteiger partial charge in [0.15, 0.2) is 5.78 Å². The van der Waals surface area contributed by atoms with Gasteiger partial charge in [0.25, 0.3) is 0 Å². The molecule has 1 aliphatic rings. The van der Waals surface area contributed by atoms with E-state index in [0.29, 0.717) is 5.69 Å². The summed E-state index contributed by atoms with van der Waals surface area (Å²) in [7, 11) is 0. The van der Waals surface area contributed by atoms with Gasteiger partial charge >= 0.3 is 0 Å². The zero-order chi connectivity index (χ0) is 13.7. The van der Waals surface area contributed by atoms with E-state index in [0.717, 1.165) is 24.7 Å². The predicted molar refractivity (Wildman–Crippen MR) is 78.7 cm³/mol. The number of carbonyl (C=O) groups is 1. The Morgan fingerprint density at radius 1 is 1.37 bits per heavy atom. The molecule has 1 unspecified atom stereocenters. The first-order valence-electron chi connectivity index (χ1n) is 7.42. The van der Waals surface area contributed by atoms with E-state index >= 15 is 0 Å². The van der Waals surface area contributed by atoms with Crippen LogP contribution in [0.15, 0.2) is 18.3 Å². The van der Waals surface area contributed by atoms with Gasteiger partial charge in [-0.15, -0.1) is 0 Å². The lowest BCUT2D eigenvalue weighted by Crippen LogP contribution is -2.24. The van der Waals surface area contributed by atoms with E-state index in [1.807, 2.05) is 18.3 Å². The van der Waals surface area contributed by atoms with Gasteiger partial charge in [-0.25, -0.2) is 0 Å². The van der Waals surface area contributed by atoms with Crippen molar-refractivity contribution in [2.45, 2.75) is 46.0 Å². The van der Waals surface area contributed by atoms with Gasteiger partial charge in [0.05, 0.1) is 11.9 Å². The molecule has 104 valence electrons. The molecule has 19 heavy (non-hydrogen) atoms. The minimum Gasteiger partial charge on any atom is -0.370 e. The Balaban J connectivity index is 1.99. The summed E-state index contributed by atoms with van der Waals surface area (Å²) in [5, 5.41) is 0. The van der Waals surface area contributed by atoms with Crippen LogP contribution in [0, 0.1) is 5.92 Å². The third-order valence-electron chi connectivity index (χ3n) is 4.02. The number of ketones is 1. The molecule has 1 fully saturated rings. The van der Waals surface area contributed by atoms with Crippen LogP contribution in [0.2, 0.25) is 0 Å². The minimum absolute atomic E-state index is 0.0328. The van der Waals surface area contributed by atoms with Crippen molar-refractivity contribution >= 4 is 11.5 Å². The highest BCUT2D eigenvalue weighted by Gasteiger charge is 2.17. The molecule has 0 bridgehead atoms. The van der Waals surface area contributed by atoms with Crippen LogP contribution in [0.4, 0.5) is 5.69 Å². The van der Waals surface area contributed by atoms with Gasteiger partial charge in [-0.2, -0.15) is 0 Å². The van der Waals surface area contributed by atoms with Gasteiger partial charge in [0.1, 0.15) is 5.69 Å². The predicted octanol–water partition coefficient (Wildman–Crippen LogP) is 3.69. The van der Waals surface area contributed by atoms with Crippen molar-refractivity contribution in [1.29, 1.82) is 0 Å². The Morgan fingerprint density at radius 3 is 2.84 bits per heavy atom. The third-order valence-corrected chi connectivity index (χ3v) is 4.02. The first kappa shape index (κ1) is 14.0. The van der Waals surface area contributed by atoms with Gasteiger partial charge in [-0.05, 0) is 37.3 Å². The first-order chi connectivity index (χ1) is 9.20. The number of rotatable bonds is 4. The smallest absolute Gasteiger partial charge is 0.178 e. The van der Waals surface area contributed by atoms with Crippen molar-refractivity contribution in [3.8, 4) is 0 Å². The number of pyridine rings is 1. The summed E-state index contributed by atoms with van der Waals surface area (Å²) < 4.78 is 0. The average molecular weight is 260 g/mol. The van der Waals surface area contributed by atoms with E-state index in [9.17, 15) is 4.79 Å². The topological polar surface area (TPSA) is 33.2 Å². The van der Waals surface area contributed by atoms with E-state index in [-0.39, 0.29) is 5.78 Å². The highest BCUT2D eigenvalue weighted by Crippen LogP contribution is 2.25. The molecule has 1 atom stereocenters. The molecular formula is C16H24N2O. The highest BCUT2D eigenvalue weighted by atomic mass is 16.1. The molecule has 2 heterocycles. The third kappa shape index (κ3) is 3.79. The quantitative estimate of drug-likeness (QED) is 0.774. The van der Waals surface area contributed by atoms with Crippen molar-refractivity contribution in [3.63, 3.8) is 0 Å². The van der Waals surface area contributed by atoms with Crippen LogP contribution < -0.4 is 4.90 Å². The molecule has 0 amide bonds. The van der Waals surface area contributed by atoms with Gasteiger partial charge in [-0.1, -0.05) is 19.8 Å². The lowest BCUT2D eigenvalue weighted by Gasteiger charge is -2.22. The number of carbonyl (C=O) groups excluding carboxylic acids is 1. The Morgan fingerprint density at radius 2 is 2.21 bits per heavy atom. The van der Waals surface area contributed by atoms with Gasteiger partial charge in [0.2, 0.25) is 0 Å². The summed E-state index contributed by atoms with van der Waals surface area (Å²) in [6.45, 7) is 6.06. The normalized spacial score (nSPS) is 20.1. The van der Waals surface area contributed by atoms with Crippen molar-refractivity contribution in [2.75, 3.05) is 18.0 Å². The fourth-order valence-electron chi connectivity index (χ4n) is 2.90. The number of anilines is 1. The van der Waals surface area contributed by atoms with E-state index in [2.05, 4.69) is 16.8 Å². The molecule has 0 saturated carbocycles. The average Bonchev–Trinajstić information content (AvgIpc) is 2.65. The standard InChI is InChI=1S/C16H24N2O/c1-3-5-14-6-4-10-18(11-9-14)15-7-8-16(13(2)19)17-12-15/h7-8,12,14H,3-6,9-11H2,1-2H3. The Bertz CT molecular complexity index is 413. The van der Waals surface area contributed by atoms with Crippen molar-refractivity contribution < 1.29 is 4.79 Å². The molecule has 0 spiro atoms. The Labute approximate surface area is 116 Å². The largest absolute Gasteiger partial charge is 0.370 e. The molecule has 1 aromatic heterocycles. The number of aromatic nitrogens is 1. The maximum Gasteiger partial charge on any atom is 0.178 e. The van der Waals surface area contributed by atoms with Gasteiger partial charge in [0, 0.05) is 20.0 Å². The highest BCUT2D eigenvalue weighted by molar-refractivity contribution is 5.92. The van der Waals surface area contributed by atoms with Crippen LogP contribution in [-0.2, 0) is 0 Å². The van der Waals surface area contributed by atoms with Gasteiger partial charge in [-0.3, -0.25) is 9.78 Å². The zero-order valence-corrected chi connectivity index (χ0v) is 12.1. The fraction of sp³-hybridized carbons (Fsp3) is 0.625. The monoisotopic (exact) mass is 260 g/mol. The molecule has 2 rings (SSSR count). The van der Waals surface area contributed by atoms with Crippen LogP contribution in [0.5, 0.6) is 0 Å². The van der Waals surface area contributed by atoms with E-state index in [1.54, 1.807) is 6.92 Å². The number of hydrogen-bond donors (Lipinski definition) is 0. The number of hydrogen-bond acceptors (Lipinski definition) is 3. The summed E-state index contributed by atoms with van der Waals surface area (Å²) in [4.78, 5) is 17.9. The van der Waals surface area contributed by atoms with Gasteiger partial charge < -0.3 is 4.90 Å². The molecule has 0 N–H and O–H groups in total. The SMILES string of the molecule is CCCC1CCCN(c2ccc(C(C)=O)nc2)CC1. The first-order valence-corrected chi connectivity index (χ1v) is 7.42. The Kier molecular flexibility index (Phi) is 4.94. The maximum atomic E-state index is 11.2. The minimum atomic E-state index is 0.0328. The second kappa shape index (κ2) is 6.69. The molecule has 0 aromatic carbocycles. The molecule has 1 saturated heterocycles. The molecule has 0 aliphatic carbocycles. The molecule has 3 nitrogen and oxygen atoms in total. The van der Waals surface area contributed by atoms with Crippen LogP contribution in [0.1, 0.15) is 56.4 Å². The summed E-state index contributed by atoms with van der Waals surface area (Å²) in [6, 6.07) is 3.87. The Hall–Kier alpha value is -1.38. The van der Waals surface area contributed by atoms with E-state index in [4.69, 9.17) is 0 Å². The van der Waals surface area contributed by atoms with Crippen LogP contribution in [0.25, 0.3) is 0 Å². The van der Waals surface area contributed by atoms with Crippen molar-refractivity contribution in [2.24, 2.45) is 5.92 Å².